The third kappa shape index (κ3) is 3.69. The van der Waals surface area contributed by atoms with E-state index in [0.29, 0.717) is 5.56 Å². The lowest BCUT2D eigenvalue weighted by atomic mass is 10.1. The number of benzene rings is 2. The van der Waals surface area contributed by atoms with Crippen LogP contribution in [-0.4, -0.2) is 17.9 Å². The van der Waals surface area contributed by atoms with Crippen molar-refractivity contribution in [1.29, 1.82) is 0 Å². The summed E-state index contributed by atoms with van der Waals surface area (Å²) in [6.07, 6.45) is 3.34. The minimum atomic E-state index is -0.162. The van der Waals surface area contributed by atoms with Crippen molar-refractivity contribution < 1.29 is 4.79 Å². The number of nitrogens with one attached hydrogen (secondary N) is 1. The summed E-state index contributed by atoms with van der Waals surface area (Å²) in [4.78, 5) is 18.9. The molecule has 4 heteroatoms. The van der Waals surface area contributed by atoms with Crippen LogP contribution in [0.15, 0.2) is 67.0 Å². The summed E-state index contributed by atoms with van der Waals surface area (Å²) in [5.41, 5.74) is 5.47. The number of hydrogen-bond acceptors (Lipinski definition) is 3. The summed E-state index contributed by atoms with van der Waals surface area (Å²) in [6, 6.07) is 17.7. The van der Waals surface area contributed by atoms with Crippen LogP contribution in [0.1, 0.15) is 21.5 Å². The Morgan fingerprint density at radius 2 is 1.72 bits per heavy atom. The molecule has 0 radical (unpaired) electrons. The van der Waals surface area contributed by atoms with E-state index in [4.69, 9.17) is 0 Å². The quantitative estimate of drug-likeness (QED) is 0.752. The lowest BCUT2D eigenvalue weighted by Gasteiger charge is -2.19. The predicted molar refractivity (Wildman–Crippen MR) is 103 cm³/mol. The molecule has 2 aromatic carbocycles. The first-order chi connectivity index (χ1) is 12.1. The minimum absolute atomic E-state index is 0.162. The Labute approximate surface area is 148 Å². The van der Waals surface area contributed by atoms with Crippen molar-refractivity contribution in [3.8, 4) is 0 Å². The predicted octanol–water partition coefficient (Wildman–Crippen LogP) is 4.72. The highest BCUT2D eigenvalue weighted by molar-refractivity contribution is 6.05. The van der Waals surface area contributed by atoms with Crippen molar-refractivity contribution in [1.82, 2.24) is 4.98 Å². The van der Waals surface area contributed by atoms with Crippen LogP contribution in [0.5, 0.6) is 0 Å². The number of hydrogen-bond donors (Lipinski definition) is 1. The Bertz CT molecular complexity index is 891. The van der Waals surface area contributed by atoms with E-state index in [1.807, 2.05) is 80.4 Å². The lowest BCUT2D eigenvalue weighted by molar-refractivity contribution is 0.102. The molecule has 25 heavy (non-hydrogen) atoms. The molecule has 0 saturated carbocycles. The molecule has 0 spiro atoms. The van der Waals surface area contributed by atoms with Crippen LogP contribution in [0.25, 0.3) is 0 Å². The van der Waals surface area contributed by atoms with E-state index in [9.17, 15) is 4.79 Å². The van der Waals surface area contributed by atoms with Crippen LogP contribution in [0.3, 0.4) is 0 Å². The van der Waals surface area contributed by atoms with Crippen molar-refractivity contribution in [2.45, 2.75) is 13.8 Å². The number of aryl methyl sites for hydroxylation is 1. The Balaban J connectivity index is 1.83. The molecule has 0 fully saturated rings. The zero-order valence-corrected chi connectivity index (χ0v) is 14.7. The fraction of sp³-hybridized carbons (Fsp3) is 0.143. The van der Waals surface area contributed by atoms with Crippen molar-refractivity contribution in [2.75, 3.05) is 17.3 Å². The maximum Gasteiger partial charge on any atom is 0.257 e. The van der Waals surface area contributed by atoms with Crippen LogP contribution in [0.4, 0.5) is 17.1 Å². The molecule has 0 aliphatic heterocycles. The van der Waals surface area contributed by atoms with Gasteiger partial charge in [-0.15, -0.1) is 0 Å². The molecule has 0 atom stereocenters. The highest BCUT2D eigenvalue weighted by Gasteiger charge is 2.12. The zero-order valence-electron chi connectivity index (χ0n) is 14.7. The van der Waals surface area contributed by atoms with Crippen molar-refractivity contribution in [2.24, 2.45) is 0 Å². The van der Waals surface area contributed by atoms with Crippen LogP contribution in [0, 0.1) is 13.8 Å². The van der Waals surface area contributed by atoms with Crippen LogP contribution in [0.2, 0.25) is 0 Å². The van der Waals surface area contributed by atoms with Crippen LogP contribution < -0.4 is 10.2 Å². The van der Waals surface area contributed by atoms with E-state index in [-0.39, 0.29) is 5.91 Å². The monoisotopic (exact) mass is 331 g/mol. The van der Waals surface area contributed by atoms with Gasteiger partial charge in [-0.1, -0.05) is 30.3 Å². The summed E-state index contributed by atoms with van der Waals surface area (Å²) in [6.45, 7) is 4.03. The number of pyridine rings is 1. The number of rotatable bonds is 4. The highest BCUT2D eigenvalue weighted by atomic mass is 16.1. The SMILES string of the molecule is Cc1cccc(NC(=O)c2cncc(N(C)c3ccccc3)c2)c1C. The van der Waals surface area contributed by atoms with E-state index in [0.717, 1.165) is 28.2 Å². The van der Waals surface area contributed by atoms with E-state index in [1.54, 1.807) is 12.4 Å². The molecule has 1 aromatic heterocycles. The molecule has 4 nitrogen and oxygen atoms in total. The van der Waals surface area contributed by atoms with Gasteiger partial charge in [-0.3, -0.25) is 9.78 Å². The van der Waals surface area contributed by atoms with E-state index in [1.165, 1.54) is 0 Å². The fourth-order valence-corrected chi connectivity index (χ4v) is 2.62. The van der Waals surface area contributed by atoms with Gasteiger partial charge in [0, 0.05) is 24.6 Å². The summed E-state index contributed by atoms with van der Waals surface area (Å²) < 4.78 is 0. The first kappa shape index (κ1) is 16.7. The third-order valence-corrected chi connectivity index (χ3v) is 4.37. The summed E-state index contributed by atoms with van der Waals surface area (Å²) in [5.74, 6) is -0.162. The second-order valence-corrected chi connectivity index (χ2v) is 6.03. The number of carbonyl (C=O) groups excluding carboxylic acids is 1. The standard InChI is InChI=1S/C21H21N3O/c1-15-8-7-11-20(16(15)2)23-21(25)17-12-19(14-22-13-17)24(3)18-9-5-4-6-10-18/h4-14H,1-3H3,(H,23,25). The molecule has 0 saturated heterocycles. The Hall–Kier alpha value is -3.14. The van der Waals surface area contributed by atoms with Gasteiger partial charge in [0.2, 0.25) is 0 Å². The van der Waals surface area contributed by atoms with E-state index >= 15 is 0 Å². The Morgan fingerprint density at radius 1 is 0.960 bits per heavy atom. The highest BCUT2D eigenvalue weighted by Crippen LogP contribution is 2.24. The number of amides is 1. The van der Waals surface area contributed by atoms with Crippen molar-refractivity contribution in [3.05, 3.63) is 83.7 Å². The summed E-state index contributed by atoms with van der Waals surface area (Å²) in [5, 5.41) is 2.98. The van der Waals surface area contributed by atoms with Crippen molar-refractivity contribution in [3.63, 3.8) is 0 Å². The second kappa shape index (κ2) is 7.18. The average molecular weight is 331 g/mol. The molecular weight excluding hydrogens is 310 g/mol. The molecule has 3 aromatic rings. The number of anilines is 3. The first-order valence-corrected chi connectivity index (χ1v) is 8.17. The molecule has 1 heterocycles. The minimum Gasteiger partial charge on any atom is -0.343 e. The molecule has 0 aliphatic carbocycles. The molecular formula is C21H21N3O. The number of nitrogens with zero attached hydrogens (tertiary/aromatic N) is 2. The third-order valence-electron chi connectivity index (χ3n) is 4.37. The summed E-state index contributed by atoms with van der Waals surface area (Å²) >= 11 is 0. The molecule has 0 aliphatic rings. The molecule has 0 unspecified atom stereocenters. The average Bonchev–Trinajstić information content (AvgIpc) is 2.65. The van der Waals surface area contributed by atoms with Gasteiger partial charge >= 0.3 is 0 Å². The van der Waals surface area contributed by atoms with Gasteiger partial charge in [0.15, 0.2) is 0 Å². The number of aromatic nitrogens is 1. The molecule has 0 bridgehead atoms. The maximum absolute atomic E-state index is 12.6. The van der Waals surface area contributed by atoms with E-state index < -0.39 is 0 Å². The number of para-hydroxylation sites is 1. The normalized spacial score (nSPS) is 10.4. The lowest BCUT2D eigenvalue weighted by Crippen LogP contribution is -2.15. The maximum atomic E-state index is 12.6. The van der Waals surface area contributed by atoms with Gasteiger partial charge in [-0.25, -0.2) is 0 Å². The molecule has 1 N–H and O–H groups in total. The van der Waals surface area contributed by atoms with Gasteiger partial charge in [-0.2, -0.15) is 0 Å². The molecule has 3 rings (SSSR count). The number of carbonyl (C=O) groups is 1. The Kier molecular flexibility index (Phi) is 4.80. The second-order valence-electron chi connectivity index (χ2n) is 6.03. The summed E-state index contributed by atoms with van der Waals surface area (Å²) in [7, 11) is 1.96. The van der Waals surface area contributed by atoms with Crippen LogP contribution in [-0.2, 0) is 0 Å². The van der Waals surface area contributed by atoms with Gasteiger partial charge in [0.1, 0.15) is 0 Å². The van der Waals surface area contributed by atoms with E-state index in [2.05, 4.69) is 10.3 Å². The van der Waals surface area contributed by atoms with Crippen LogP contribution >= 0.6 is 0 Å². The topological polar surface area (TPSA) is 45.2 Å². The Morgan fingerprint density at radius 3 is 2.48 bits per heavy atom. The largest absolute Gasteiger partial charge is 0.343 e. The molecule has 1 amide bonds. The van der Waals surface area contributed by atoms with Gasteiger partial charge in [0.25, 0.3) is 5.91 Å². The first-order valence-electron chi connectivity index (χ1n) is 8.17. The smallest absolute Gasteiger partial charge is 0.257 e. The van der Waals surface area contributed by atoms with Gasteiger partial charge in [-0.05, 0) is 49.2 Å². The fourth-order valence-electron chi connectivity index (χ4n) is 2.62. The zero-order chi connectivity index (χ0) is 17.8. The van der Waals surface area contributed by atoms with Gasteiger partial charge in [0.05, 0.1) is 17.4 Å². The van der Waals surface area contributed by atoms with Crippen molar-refractivity contribution >= 4 is 23.0 Å². The van der Waals surface area contributed by atoms with Gasteiger partial charge < -0.3 is 10.2 Å². The molecule has 126 valence electrons.